The van der Waals surface area contributed by atoms with E-state index in [-0.39, 0.29) is 5.75 Å². The molecule has 106 valence electrons. The third-order valence-electron chi connectivity index (χ3n) is 2.71. The first-order valence-corrected chi connectivity index (χ1v) is 6.47. The summed E-state index contributed by atoms with van der Waals surface area (Å²) in [5.74, 6) is -0.808. The summed E-state index contributed by atoms with van der Waals surface area (Å²) in [4.78, 5) is 4.02. The Labute approximate surface area is 116 Å². The van der Waals surface area contributed by atoms with Gasteiger partial charge >= 0.3 is 0 Å². The molecule has 1 N–H and O–H groups in total. The average molecular weight is 278 g/mol. The van der Waals surface area contributed by atoms with Crippen molar-refractivity contribution in [1.29, 1.82) is 0 Å². The summed E-state index contributed by atoms with van der Waals surface area (Å²) in [6.07, 6.45) is 4.21. The summed E-state index contributed by atoms with van der Waals surface area (Å²) >= 11 is 0. The van der Waals surface area contributed by atoms with Gasteiger partial charge in [-0.15, -0.1) is 0 Å². The second kappa shape index (κ2) is 6.96. The predicted octanol–water partition coefficient (Wildman–Crippen LogP) is 3.65. The Hall–Kier alpha value is -2.01. The molecule has 3 nitrogen and oxygen atoms in total. The Balaban J connectivity index is 2.18. The number of aromatic nitrogens is 1. The second-order valence-electron chi connectivity index (χ2n) is 4.34. The van der Waals surface area contributed by atoms with Gasteiger partial charge in [-0.2, -0.15) is 0 Å². The first-order valence-electron chi connectivity index (χ1n) is 6.47. The van der Waals surface area contributed by atoms with Gasteiger partial charge in [-0.1, -0.05) is 6.92 Å². The fourth-order valence-corrected chi connectivity index (χ4v) is 1.72. The summed E-state index contributed by atoms with van der Waals surface area (Å²) in [6, 6.07) is 4.76. The van der Waals surface area contributed by atoms with Crippen LogP contribution in [0.4, 0.5) is 8.78 Å². The Kier molecular flexibility index (Phi) is 5.01. The van der Waals surface area contributed by atoms with E-state index in [0.717, 1.165) is 36.7 Å². The molecule has 1 heterocycles. The highest BCUT2D eigenvalue weighted by Crippen LogP contribution is 2.27. The molecule has 0 radical (unpaired) electrons. The highest BCUT2D eigenvalue weighted by molar-refractivity contribution is 5.36. The fourth-order valence-electron chi connectivity index (χ4n) is 1.72. The molecule has 2 aromatic rings. The number of nitrogens with zero attached hydrogens (tertiary/aromatic N) is 1. The van der Waals surface area contributed by atoms with Gasteiger partial charge in [-0.3, -0.25) is 4.98 Å². The molecule has 2 rings (SSSR count). The molecule has 0 bridgehead atoms. The van der Waals surface area contributed by atoms with Crippen molar-refractivity contribution in [3.05, 3.63) is 53.9 Å². The molecule has 0 aliphatic heterocycles. The van der Waals surface area contributed by atoms with Crippen molar-refractivity contribution in [2.75, 3.05) is 6.54 Å². The van der Waals surface area contributed by atoms with Crippen LogP contribution >= 0.6 is 0 Å². The highest BCUT2D eigenvalue weighted by Gasteiger charge is 2.09. The molecule has 0 fully saturated rings. The van der Waals surface area contributed by atoms with Gasteiger partial charge in [0.1, 0.15) is 11.6 Å². The molecule has 0 unspecified atom stereocenters. The van der Waals surface area contributed by atoms with Gasteiger partial charge in [0.2, 0.25) is 0 Å². The minimum absolute atomic E-state index is 0.132. The minimum Gasteiger partial charge on any atom is -0.454 e. The Morgan fingerprint density at radius 2 is 2.05 bits per heavy atom. The number of benzene rings is 1. The monoisotopic (exact) mass is 278 g/mol. The number of rotatable bonds is 6. The van der Waals surface area contributed by atoms with Gasteiger partial charge in [0.25, 0.3) is 0 Å². The number of hydrogen-bond acceptors (Lipinski definition) is 3. The molecule has 0 saturated heterocycles. The van der Waals surface area contributed by atoms with Crippen LogP contribution in [0.3, 0.4) is 0 Å². The minimum atomic E-state index is -0.601. The van der Waals surface area contributed by atoms with E-state index in [1.54, 1.807) is 18.5 Å². The van der Waals surface area contributed by atoms with Crippen LogP contribution in [0.2, 0.25) is 0 Å². The number of halogens is 2. The lowest BCUT2D eigenvalue weighted by Crippen LogP contribution is -2.14. The van der Waals surface area contributed by atoms with E-state index in [4.69, 9.17) is 4.74 Å². The smallest absolute Gasteiger partial charge is 0.165 e. The normalized spacial score (nSPS) is 10.6. The molecule has 20 heavy (non-hydrogen) atoms. The molecular formula is C15H16F2N2O. The number of nitrogens with one attached hydrogen (secondary N) is 1. The van der Waals surface area contributed by atoms with Gasteiger partial charge in [0.05, 0.1) is 0 Å². The molecule has 5 heteroatoms. The first kappa shape index (κ1) is 14.4. The predicted molar refractivity (Wildman–Crippen MR) is 72.7 cm³/mol. The van der Waals surface area contributed by atoms with Crippen LogP contribution < -0.4 is 10.1 Å². The Morgan fingerprint density at radius 1 is 1.20 bits per heavy atom. The zero-order chi connectivity index (χ0) is 14.4. The molecule has 0 atom stereocenters. The summed E-state index contributed by atoms with van der Waals surface area (Å²) in [6.45, 7) is 3.49. The van der Waals surface area contributed by atoms with Crippen LogP contribution in [-0.4, -0.2) is 11.5 Å². The number of pyridine rings is 1. The molecule has 0 spiro atoms. The third-order valence-corrected chi connectivity index (χ3v) is 2.71. The molecule has 1 aromatic carbocycles. The third kappa shape index (κ3) is 3.74. The highest BCUT2D eigenvalue weighted by atomic mass is 19.1. The van der Waals surface area contributed by atoms with Gasteiger partial charge in [-0.25, -0.2) is 8.78 Å². The van der Waals surface area contributed by atoms with Crippen LogP contribution in [0.5, 0.6) is 11.5 Å². The lowest BCUT2D eigenvalue weighted by Gasteiger charge is -2.11. The first-order chi connectivity index (χ1) is 9.70. The largest absolute Gasteiger partial charge is 0.454 e. The van der Waals surface area contributed by atoms with Gasteiger partial charge in [-0.05, 0) is 31.2 Å². The molecular weight excluding hydrogens is 262 g/mol. The topological polar surface area (TPSA) is 34.2 Å². The van der Waals surface area contributed by atoms with Crippen molar-refractivity contribution in [1.82, 2.24) is 10.3 Å². The average Bonchev–Trinajstić information content (AvgIpc) is 2.45. The summed E-state index contributed by atoms with van der Waals surface area (Å²) in [5.41, 5.74) is 0.796. The number of ether oxygens (including phenoxy) is 1. The maximum Gasteiger partial charge on any atom is 0.165 e. The maximum absolute atomic E-state index is 13.6. The van der Waals surface area contributed by atoms with E-state index in [0.29, 0.717) is 12.3 Å². The summed E-state index contributed by atoms with van der Waals surface area (Å²) < 4.78 is 32.2. The molecule has 0 amide bonds. The van der Waals surface area contributed by atoms with Crippen LogP contribution in [-0.2, 0) is 6.54 Å². The Morgan fingerprint density at radius 3 is 2.85 bits per heavy atom. The fraction of sp³-hybridized carbons (Fsp3) is 0.267. The molecule has 0 aliphatic carbocycles. The summed E-state index contributed by atoms with van der Waals surface area (Å²) in [7, 11) is 0. The summed E-state index contributed by atoms with van der Waals surface area (Å²) in [5, 5.41) is 3.22. The van der Waals surface area contributed by atoms with Crippen molar-refractivity contribution < 1.29 is 13.5 Å². The zero-order valence-electron chi connectivity index (χ0n) is 11.2. The molecule has 0 saturated carbocycles. The van der Waals surface area contributed by atoms with Crippen LogP contribution in [0.15, 0.2) is 36.7 Å². The van der Waals surface area contributed by atoms with Crippen molar-refractivity contribution in [3.8, 4) is 11.5 Å². The van der Waals surface area contributed by atoms with Crippen LogP contribution in [0, 0.1) is 11.6 Å². The van der Waals surface area contributed by atoms with Crippen molar-refractivity contribution in [3.63, 3.8) is 0 Å². The van der Waals surface area contributed by atoms with Gasteiger partial charge in [0.15, 0.2) is 11.6 Å². The van der Waals surface area contributed by atoms with Gasteiger partial charge < -0.3 is 10.1 Å². The van der Waals surface area contributed by atoms with E-state index in [1.165, 1.54) is 0 Å². The zero-order valence-corrected chi connectivity index (χ0v) is 11.2. The van der Waals surface area contributed by atoms with E-state index >= 15 is 0 Å². The standard InChI is InChI=1S/C15H16F2N2O/c1-2-6-18-9-11-10-19-7-5-14(11)20-15-8-12(16)3-4-13(15)17/h3-5,7-8,10,18H,2,6,9H2,1H3. The Bertz CT molecular complexity index is 576. The van der Waals surface area contributed by atoms with E-state index < -0.39 is 11.6 Å². The van der Waals surface area contributed by atoms with E-state index in [2.05, 4.69) is 17.2 Å². The second-order valence-corrected chi connectivity index (χ2v) is 4.34. The SMILES string of the molecule is CCCNCc1cnccc1Oc1cc(F)ccc1F. The quantitative estimate of drug-likeness (QED) is 0.819. The number of hydrogen-bond donors (Lipinski definition) is 1. The van der Waals surface area contributed by atoms with E-state index in [1.807, 2.05) is 0 Å². The van der Waals surface area contributed by atoms with Crippen molar-refractivity contribution in [2.24, 2.45) is 0 Å². The van der Waals surface area contributed by atoms with Crippen molar-refractivity contribution >= 4 is 0 Å². The lowest BCUT2D eigenvalue weighted by molar-refractivity contribution is 0.429. The van der Waals surface area contributed by atoms with Crippen molar-refractivity contribution in [2.45, 2.75) is 19.9 Å². The molecule has 0 aliphatic rings. The van der Waals surface area contributed by atoms with E-state index in [9.17, 15) is 8.78 Å². The van der Waals surface area contributed by atoms with Crippen LogP contribution in [0.1, 0.15) is 18.9 Å². The maximum atomic E-state index is 13.6. The van der Waals surface area contributed by atoms with Crippen LogP contribution in [0.25, 0.3) is 0 Å². The lowest BCUT2D eigenvalue weighted by atomic mass is 10.2. The molecule has 1 aromatic heterocycles. The van der Waals surface area contributed by atoms with Gasteiger partial charge in [0, 0.05) is 30.6 Å².